The predicted octanol–water partition coefficient (Wildman–Crippen LogP) is 1.88. The number of carbonyl (C=O) groups excluding carboxylic acids is 1. The maximum Gasteiger partial charge on any atom is 0.0715 e. The van der Waals surface area contributed by atoms with Gasteiger partial charge >= 0.3 is 0 Å². The first-order valence-corrected chi connectivity index (χ1v) is 5.59. The summed E-state index contributed by atoms with van der Waals surface area (Å²) in [4.78, 5) is 10.5. The fraction of sp³-hybridized carbons (Fsp3) is 0.385. The van der Waals surface area contributed by atoms with E-state index in [1.54, 1.807) is 12.1 Å². The highest BCUT2D eigenvalue weighted by Gasteiger charge is 1.97. The highest BCUT2D eigenvalue weighted by atomic mass is 16.4. The van der Waals surface area contributed by atoms with Gasteiger partial charge in [0.25, 0.3) is 0 Å². The van der Waals surface area contributed by atoms with Gasteiger partial charge in [0.05, 0.1) is 11.7 Å². The van der Waals surface area contributed by atoms with E-state index in [1.807, 2.05) is 6.92 Å². The Morgan fingerprint density at radius 3 is 2.41 bits per heavy atom. The summed E-state index contributed by atoms with van der Waals surface area (Å²) < 4.78 is 0. The number of nitrogens with one attached hydrogen (secondary N) is 1. The van der Waals surface area contributed by atoms with Gasteiger partial charge in [-0.25, -0.2) is 0 Å². The molecule has 0 spiro atoms. The molecule has 0 saturated heterocycles. The van der Waals surface area contributed by atoms with Crippen molar-refractivity contribution in [3.8, 4) is 0 Å². The molecule has 0 aliphatic carbocycles. The van der Waals surface area contributed by atoms with Crippen LogP contribution < -0.4 is 10.5 Å². The van der Waals surface area contributed by atoms with Crippen LogP contribution in [-0.2, 0) is 0 Å². The first-order valence-electron chi connectivity index (χ1n) is 5.59. The van der Waals surface area contributed by atoms with Gasteiger partial charge in [0.1, 0.15) is 0 Å². The van der Waals surface area contributed by atoms with Crippen LogP contribution >= 0.6 is 0 Å². The molecule has 0 amide bonds. The molecule has 0 aliphatic heterocycles. The van der Waals surface area contributed by atoms with Gasteiger partial charge in [-0.2, -0.15) is 5.10 Å². The van der Waals surface area contributed by atoms with Gasteiger partial charge in [0.2, 0.25) is 0 Å². The second-order valence-corrected chi connectivity index (χ2v) is 4.42. The summed E-state index contributed by atoms with van der Waals surface area (Å²) in [6.45, 7) is 6.23. The lowest BCUT2D eigenvalue weighted by atomic mass is 10.1. The monoisotopic (exact) mass is 233 g/mol. The van der Waals surface area contributed by atoms with Crippen molar-refractivity contribution in [1.82, 2.24) is 0 Å². The number of benzene rings is 1. The van der Waals surface area contributed by atoms with E-state index in [1.165, 1.54) is 12.1 Å². The average molecular weight is 233 g/mol. The SMILES string of the molecule is C/C(CC(C)C)=N/Nc1ccc(C(=O)[O-])cc1. The van der Waals surface area contributed by atoms with Gasteiger partial charge < -0.3 is 9.90 Å². The Hall–Kier alpha value is -1.84. The number of hydrogen-bond donors (Lipinski definition) is 1. The lowest BCUT2D eigenvalue weighted by Gasteiger charge is -2.06. The molecule has 4 nitrogen and oxygen atoms in total. The van der Waals surface area contributed by atoms with E-state index in [-0.39, 0.29) is 5.56 Å². The summed E-state index contributed by atoms with van der Waals surface area (Å²) >= 11 is 0. The number of anilines is 1. The van der Waals surface area contributed by atoms with Crippen LogP contribution in [0.5, 0.6) is 0 Å². The molecule has 0 unspecified atom stereocenters. The van der Waals surface area contributed by atoms with Crippen molar-refractivity contribution < 1.29 is 9.90 Å². The van der Waals surface area contributed by atoms with Gasteiger partial charge in [-0.15, -0.1) is 0 Å². The Morgan fingerprint density at radius 2 is 1.94 bits per heavy atom. The van der Waals surface area contributed by atoms with Gasteiger partial charge in [0.15, 0.2) is 0 Å². The second-order valence-electron chi connectivity index (χ2n) is 4.42. The zero-order valence-electron chi connectivity index (χ0n) is 10.4. The molecular weight excluding hydrogens is 216 g/mol. The zero-order chi connectivity index (χ0) is 12.8. The van der Waals surface area contributed by atoms with E-state index in [9.17, 15) is 9.90 Å². The maximum atomic E-state index is 10.5. The lowest BCUT2D eigenvalue weighted by molar-refractivity contribution is -0.255. The Balaban J connectivity index is 2.60. The minimum Gasteiger partial charge on any atom is -0.545 e. The number of hydrazone groups is 1. The molecule has 1 aromatic carbocycles. The molecule has 0 aliphatic rings. The predicted molar refractivity (Wildman–Crippen MR) is 67.0 cm³/mol. The van der Waals surface area contributed by atoms with Gasteiger partial charge in [-0.05, 0) is 37.0 Å². The Labute approximate surface area is 101 Å². The van der Waals surface area contributed by atoms with Crippen molar-refractivity contribution in [3.63, 3.8) is 0 Å². The van der Waals surface area contributed by atoms with Gasteiger partial charge in [0, 0.05) is 5.71 Å². The Kier molecular flexibility index (Phi) is 4.69. The third kappa shape index (κ3) is 4.68. The summed E-state index contributed by atoms with van der Waals surface area (Å²) in [5.74, 6) is -0.600. The van der Waals surface area contributed by atoms with Crippen LogP contribution in [0.2, 0.25) is 0 Å². The molecular formula is C13H17N2O2-. The van der Waals surface area contributed by atoms with E-state index < -0.39 is 5.97 Å². The number of carboxylic acid groups (broad SMARTS) is 1. The largest absolute Gasteiger partial charge is 0.545 e. The van der Waals surface area contributed by atoms with Crippen molar-refractivity contribution in [2.24, 2.45) is 11.0 Å². The summed E-state index contributed by atoms with van der Waals surface area (Å²) in [5.41, 5.74) is 4.84. The van der Waals surface area contributed by atoms with E-state index >= 15 is 0 Å². The highest BCUT2D eigenvalue weighted by Crippen LogP contribution is 2.09. The van der Waals surface area contributed by atoms with Crippen LogP contribution in [-0.4, -0.2) is 11.7 Å². The first kappa shape index (κ1) is 13.2. The van der Waals surface area contributed by atoms with Crippen LogP contribution in [0, 0.1) is 5.92 Å². The number of aromatic carboxylic acids is 1. The van der Waals surface area contributed by atoms with E-state index in [2.05, 4.69) is 24.4 Å². The fourth-order valence-corrected chi connectivity index (χ4v) is 1.48. The fourth-order valence-electron chi connectivity index (χ4n) is 1.48. The van der Waals surface area contributed by atoms with E-state index in [0.717, 1.165) is 17.8 Å². The third-order valence-electron chi connectivity index (χ3n) is 2.20. The number of nitrogens with zero attached hydrogens (tertiary/aromatic N) is 1. The molecule has 0 heterocycles. The van der Waals surface area contributed by atoms with E-state index in [4.69, 9.17) is 0 Å². The summed E-state index contributed by atoms with van der Waals surface area (Å²) in [6, 6.07) is 6.31. The van der Waals surface area contributed by atoms with Crippen LogP contribution in [0.25, 0.3) is 0 Å². The van der Waals surface area contributed by atoms with Crippen LogP contribution in [0.4, 0.5) is 5.69 Å². The molecule has 4 heteroatoms. The average Bonchev–Trinajstić information content (AvgIpc) is 2.26. The van der Waals surface area contributed by atoms with Crippen LogP contribution in [0.1, 0.15) is 37.6 Å². The quantitative estimate of drug-likeness (QED) is 0.624. The molecule has 1 aromatic rings. The minimum atomic E-state index is -1.17. The molecule has 0 atom stereocenters. The van der Waals surface area contributed by atoms with Gasteiger partial charge in [-0.1, -0.05) is 26.0 Å². The van der Waals surface area contributed by atoms with Crippen molar-refractivity contribution >= 4 is 17.4 Å². The smallest absolute Gasteiger partial charge is 0.0715 e. The topological polar surface area (TPSA) is 64.5 Å². The molecule has 0 radical (unpaired) electrons. The van der Waals surface area contributed by atoms with Crippen molar-refractivity contribution in [2.45, 2.75) is 27.2 Å². The Morgan fingerprint density at radius 1 is 1.35 bits per heavy atom. The Bertz CT molecular complexity index is 408. The molecule has 1 rings (SSSR count). The summed E-state index contributed by atoms with van der Waals surface area (Å²) in [5, 5.41) is 14.8. The minimum absolute atomic E-state index is 0.165. The molecule has 0 aromatic heterocycles. The maximum absolute atomic E-state index is 10.5. The molecule has 92 valence electrons. The molecule has 17 heavy (non-hydrogen) atoms. The second kappa shape index (κ2) is 6.03. The molecule has 1 N–H and O–H groups in total. The first-order chi connectivity index (χ1) is 7.99. The molecule has 0 fully saturated rings. The standard InChI is InChI=1S/C13H18N2O2/c1-9(2)8-10(3)14-15-12-6-4-11(5-7-12)13(16)17/h4-7,9,15H,8H2,1-3H3,(H,16,17)/p-1/b14-10-. The van der Waals surface area contributed by atoms with Crippen molar-refractivity contribution in [1.29, 1.82) is 0 Å². The van der Waals surface area contributed by atoms with Crippen molar-refractivity contribution in [2.75, 3.05) is 5.43 Å². The number of rotatable bonds is 5. The van der Waals surface area contributed by atoms with E-state index in [0.29, 0.717) is 5.92 Å². The van der Waals surface area contributed by atoms with Gasteiger partial charge in [-0.3, -0.25) is 5.43 Å². The third-order valence-corrected chi connectivity index (χ3v) is 2.20. The lowest BCUT2D eigenvalue weighted by Crippen LogP contribution is -2.21. The van der Waals surface area contributed by atoms with Crippen LogP contribution in [0.3, 0.4) is 0 Å². The highest BCUT2D eigenvalue weighted by molar-refractivity contribution is 5.86. The molecule has 0 bridgehead atoms. The molecule has 0 saturated carbocycles. The number of hydrogen-bond acceptors (Lipinski definition) is 4. The summed E-state index contributed by atoms with van der Waals surface area (Å²) in [7, 11) is 0. The zero-order valence-corrected chi connectivity index (χ0v) is 10.4. The van der Waals surface area contributed by atoms with Crippen LogP contribution in [0.15, 0.2) is 29.4 Å². The number of carbonyl (C=O) groups is 1. The normalized spacial score (nSPS) is 11.6. The number of carboxylic acids is 1. The summed E-state index contributed by atoms with van der Waals surface area (Å²) in [6.07, 6.45) is 0.935. The van der Waals surface area contributed by atoms with Crippen molar-refractivity contribution in [3.05, 3.63) is 29.8 Å².